The molecule has 0 spiro atoms. The van der Waals surface area contributed by atoms with Crippen LogP contribution in [0.5, 0.6) is 5.75 Å². The molecule has 10 heteroatoms. The Morgan fingerprint density at radius 2 is 1.96 bits per heavy atom. The molecule has 0 saturated heterocycles. The molecule has 1 aliphatic rings. The Labute approximate surface area is 172 Å². The lowest BCUT2D eigenvalue weighted by Gasteiger charge is -2.14. The van der Waals surface area contributed by atoms with Gasteiger partial charge in [-0.05, 0) is 31.0 Å². The van der Waals surface area contributed by atoms with E-state index in [2.05, 4.69) is 20.1 Å². The number of anilines is 1. The smallest absolute Gasteiger partial charge is 0.404 e. The number of hydrogen-bond acceptors (Lipinski definition) is 3. The zero-order valence-electron chi connectivity index (χ0n) is 14.4. The topological polar surface area (TPSA) is 77.5 Å². The van der Waals surface area contributed by atoms with Crippen LogP contribution < -0.4 is 15.8 Å². The van der Waals surface area contributed by atoms with Crippen molar-refractivity contribution in [1.82, 2.24) is 9.78 Å². The van der Waals surface area contributed by atoms with E-state index in [1.807, 2.05) is 16.9 Å². The number of aromatic nitrogens is 2. The second kappa shape index (κ2) is 9.29. The predicted octanol–water partition coefficient (Wildman–Crippen LogP) is 4.44. The number of aliphatic imine (C=N–C) groups is 1. The summed E-state index contributed by atoms with van der Waals surface area (Å²) in [5.41, 5.74) is 6.62. The number of para-hydroxylation sites is 2. The van der Waals surface area contributed by atoms with E-state index in [9.17, 15) is 13.2 Å². The Kier molecular flexibility index (Phi) is 7.33. The van der Waals surface area contributed by atoms with Gasteiger partial charge in [0.15, 0.2) is 11.7 Å². The Bertz CT molecular complexity index is 772. The van der Waals surface area contributed by atoms with Gasteiger partial charge in [-0.2, -0.15) is 5.10 Å². The van der Waals surface area contributed by atoms with Gasteiger partial charge in [0.25, 0.3) is 0 Å². The lowest BCUT2D eigenvalue weighted by Crippen LogP contribution is -2.24. The van der Waals surface area contributed by atoms with Crippen molar-refractivity contribution in [1.29, 1.82) is 0 Å². The SMILES string of the molecule is I.NC(=NCc1ccn(C2CCCC2)n1)Nc1ccccc1OC(F)(F)F. The van der Waals surface area contributed by atoms with Crippen molar-refractivity contribution in [2.24, 2.45) is 10.7 Å². The average Bonchev–Trinajstić information content (AvgIpc) is 3.24. The molecule has 27 heavy (non-hydrogen) atoms. The Morgan fingerprint density at radius 3 is 2.67 bits per heavy atom. The molecule has 1 saturated carbocycles. The fourth-order valence-corrected chi connectivity index (χ4v) is 2.96. The number of benzene rings is 1. The maximum atomic E-state index is 12.4. The van der Waals surface area contributed by atoms with Crippen LogP contribution >= 0.6 is 24.0 Å². The molecule has 1 aromatic carbocycles. The number of halogens is 4. The highest BCUT2D eigenvalue weighted by atomic mass is 127. The van der Waals surface area contributed by atoms with Crippen LogP contribution in [-0.2, 0) is 6.54 Å². The monoisotopic (exact) mass is 495 g/mol. The molecule has 0 radical (unpaired) electrons. The van der Waals surface area contributed by atoms with E-state index in [0.717, 1.165) is 18.5 Å². The van der Waals surface area contributed by atoms with Gasteiger partial charge in [0.2, 0.25) is 0 Å². The summed E-state index contributed by atoms with van der Waals surface area (Å²) in [7, 11) is 0. The van der Waals surface area contributed by atoms with E-state index in [1.165, 1.54) is 31.0 Å². The summed E-state index contributed by atoms with van der Waals surface area (Å²) in [5.74, 6) is -0.387. The normalized spacial score (nSPS) is 15.4. The van der Waals surface area contributed by atoms with Crippen LogP contribution in [0, 0.1) is 0 Å². The van der Waals surface area contributed by atoms with Crippen LogP contribution in [0.4, 0.5) is 18.9 Å². The molecule has 0 aliphatic heterocycles. The summed E-state index contributed by atoms with van der Waals surface area (Å²) in [6.45, 7) is 0.237. The first kappa shape index (κ1) is 21.3. The van der Waals surface area contributed by atoms with Gasteiger partial charge in [-0.15, -0.1) is 37.1 Å². The summed E-state index contributed by atoms with van der Waals surface area (Å²) in [6.07, 6.45) is 1.84. The highest BCUT2D eigenvalue weighted by Gasteiger charge is 2.32. The van der Waals surface area contributed by atoms with Crippen molar-refractivity contribution < 1.29 is 17.9 Å². The first-order valence-electron chi connectivity index (χ1n) is 8.36. The van der Waals surface area contributed by atoms with Crippen molar-refractivity contribution in [2.45, 2.75) is 44.6 Å². The Balaban J connectivity index is 0.00000261. The lowest BCUT2D eigenvalue weighted by molar-refractivity contribution is -0.274. The minimum Gasteiger partial charge on any atom is -0.404 e. The van der Waals surface area contributed by atoms with Gasteiger partial charge in [-0.3, -0.25) is 4.68 Å². The maximum absolute atomic E-state index is 12.4. The molecule has 0 atom stereocenters. The van der Waals surface area contributed by atoms with E-state index < -0.39 is 6.36 Å². The first-order valence-corrected chi connectivity index (χ1v) is 8.36. The van der Waals surface area contributed by atoms with Crippen LogP contribution in [0.15, 0.2) is 41.5 Å². The van der Waals surface area contributed by atoms with Crippen LogP contribution in [-0.4, -0.2) is 22.1 Å². The van der Waals surface area contributed by atoms with E-state index in [1.54, 1.807) is 6.07 Å². The van der Waals surface area contributed by atoms with Crippen LogP contribution in [0.3, 0.4) is 0 Å². The largest absolute Gasteiger partial charge is 0.573 e. The number of hydrogen-bond donors (Lipinski definition) is 2. The third-order valence-corrected chi connectivity index (χ3v) is 4.15. The number of alkyl halides is 3. The van der Waals surface area contributed by atoms with Gasteiger partial charge < -0.3 is 15.8 Å². The van der Waals surface area contributed by atoms with Crippen LogP contribution in [0.2, 0.25) is 0 Å². The van der Waals surface area contributed by atoms with Gasteiger partial charge in [0, 0.05) is 6.20 Å². The molecule has 1 aliphatic carbocycles. The molecule has 148 valence electrons. The van der Waals surface area contributed by atoms with E-state index in [-0.39, 0.29) is 47.9 Å². The number of rotatable bonds is 5. The van der Waals surface area contributed by atoms with Crippen molar-refractivity contribution >= 4 is 35.6 Å². The highest BCUT2D eigenvalue weighted by molar-refractivity contribution is 14.0. The molecule has 1 aromatic heterocycles. The van der Waals surface area contributed by atoms with Crippen LogP contribution in [0.1, 0.15) is 37.4 Å². The minimum absolute atomic E-state index is 0. The molecule has 3 N–H and O–H groups in total. The second-order valence-electron chi connectivity index (χ2n) is 6.10. The second-order valence-corrected chi connectivity index (χ2v) is 6.10. The molecule has 1 fully saturated rings. The standard InChI is InChI=1S/C17H20F3N5O.HI/c18-17(19,20)26-15-8-4-3-7-14(15)23-16(21)22-11-12-9-10-25(24-12)13-5-1-2-6-13;/h3-4,7-10,13H,1-2,5-6,11H2,(H3,21,22,23);1H. The van der Waals surface area contributed by atoms with E-state index in [4.69, 9.17) is 5.73 Å². The molecular weight excluding hydrogens is 474 g/mol. The highest BCUT2D eigenvalue weighted by Crippen LogP contribution is 2.30. The van der Waals surface area contributed by atoms with Gasteiger partial charge >= 0.3 is 6.36 Å². The number of nitrogens with zero attached hydrogens (tertiary/aromatic N) is 3. The predicted molar refractivity (Wildman–Crippen MR) is 107 cm³/mol. The zero-order chi connectivity index (χ0) is 18.6. The van der Waals surface area contributed by atoms with Crippen LogP contribution in [0.25, 0.3) is 0 Å². The maximum Gasteiger partial charge on any atom is 0.573 e. The van der Waals surface area contributed by atoms with E-state index in [0.29, 0.717) is 6.04 Å². The quantitative estimate of drug-likeness (QED) is 0.366. The van der Waals surface area contributed by atoms with Crippen molar-refractivity contribution in [3.8, 4) is 5.75 Å². The molecule has 0 bridgehead atoms. The number of ether oxygens (including phenoxy) is 1. The van der Waals surface area contributed by atoms with Crippen molar-refractivity contribution in [2.75, 3.05) is 5.32 Å². The third-order valence-electron chi connectivity index (χ3n) is 4.15. The Hall–Kier alpha value is -1.98. The molecule has 1 heterocycles. The fraction of sp³-hybridized carbons (Fsp3) is 0.412. The van der Waals surface area contributed by atoms with E-state index >= 15 is 0 Å². The molecule has 6 nitrogen and oxygen atoms in total. The summed E-state index contributed by atoms with van der Waals surface area (Å²) < 4.78 is 43.2. The number of nitrogens with two attached hydrogens (primary N) is 1. The molecule has 2 aromatic rings. The zero-order valence-corrected chi connectivity index (χ0v) is 16.8. The number of guanidine groups is 1. The van der Waals surface area contributed by atoms with Gasteiger partial charge in [-0.25, -0.2) is 4.99 Å². The van der Waals surface area contributed by atoms with Gasteiger partial charge in [0.05, 0.1) is 24.0 Å². The fourth-order valence-electron chi connectivity index (χ4n) is 2.96. The summed E-state index contributed by atoms with van der Waals surface area (Å²) >= 11 is 0. The molecular formula is C17H21F3IN5O. The first-order chi connectivity index (χ1) is 12.4. The summed E-state index contributed by atoms with van der Waals surface area (Å²) in [5, 5.41) is 7.12. The minimum atomic E-state index is -4.78. The van der Waals surface area contributed by atoms with Crippen molar-refractivity contribution in [3.63, 3.8) is 0 Å². The molecule has 0 amide bonds. The van der Waals surface area contributed by atoms with Gasteiger partial charge in [0.1, 0.15) is 0 Å². The third kappa shape index (κ3) is 6.29. The average molecular weight is 495 g/mol. The molecule has 0 unspecified atom stereocenters. The number of nitrogens with one attached hydrogen (secondary N) is 1. The lowest BCUT2D eigenvalue weighted by atomic mass is 10.3. The summed E-state index contributed by atoms with van der Waals surface area (Å²) in [4.78, 5) is 4.14. The summed E-state index contributed by atoms with van der Waals surface area (Å²) in [6, 6.07) is 7.95. The van der Waals surface area contributed by atoms with Gasteiger partial charge in [-0.1, -0.05) is 25.0 Å². The van der Waals surface area contributed by atoms with Crippen molar-refractivity contribution in [3.05, 3.63) is 42.2 Å². The Morgan fingerprint density at radius 1 is 1.26 bits per heavy atom. The molecule has 3 rings (SSSR count).